The smallest absolute Gasteiger partial charge is 0.134 e. The fourth-order valence-corrected chi connectivity index (χ4v) is 2.47. The first kappa shape index (κ1) is 15.2. The summed E-state index contributed by atoms with van der Waals surface area (Å²) in [7, 11) is 0. The zero-order valence-electron chi connectivity index (χ0n) is 11.9. The van der Waals surface area contributed by atoms with Gasteiger partial charge in [0.05, 0.1) is 12.2 Å². The predicted octanol–water partition coefficient (Wildman–Crippen LogP) is 3.53. The third-order valence-electron chi connectivity index (χ3n) is 3.40. The van der Waals surface area contributed by atoms with Gasteiger partial charge in [-0.1, -0.05) is 24.0 Å². The average molecular weight is 292 g/mol. The highest BCUT2D eigenvalue weighted by Gasteiger charge is 2.10. The Morgan fingerprint density at radius 2 is 2.00 bits per heavy atom. The first-order chi connectivity index (χ1) is 9.90. The molecule has 0 atom stereocenters. The number of hydrogen-bond acceptors (Lipinski definition) is 2. The molecule has 0 aliphatic carbocycles. The van der Waals surface area contributed by atoms with E-state index in [-0.39, 0.29) is 0 Å². The summed E-state index contributed by atoms with van der Waals surface area (Å²) < 4.78 is 5.87. The Hall–Kier alpha value is -1.17. The second-order valence-electron chi connectivity index (χ2n) is 4.99. The maximum absolute atomic E-state index is 5.87. The van der Waals surface area contributed by atoms with E-state index in [4.69, 9.17) is 16.3 Å². The Kier molecular flexibility index (Phi) is 6.77. The summed E-state index contributed by atoms with van der Waals surface area (Å²) in [5, 5.41) is 0. The molecule has 0 aromatic heterocycles. The standard InChI is InChI=1S/C17H22ClNO/c18-11-4-3-9-16-8-1-2-10-17(16)20-15-7-14-19-12-5-6-13-19/h1-2,8,10H,4-7,11-15H2. The molecule has 1 aliphatic rings. The Bertz CT molecular complexity index is 458. The van der Waals surface area contributed by atoms with Gasteiger partial charge >= 0.3 is 0 Å². The molecule has 0 bridgehead atoms. The molecule has 1 aromatic carbocycles. The number of hydrogen-bond donors (Lipinski definition) is 0. The number of nitrogens with zero attached hydrogens (tertiary/aromatic N) is 1. The van der Waals surface area contributed by atoms with E-state index in [0.717, 1.165) is 30.9 Å². The molecule has 0 spiro atoms. The maximum atomic E-state index is 5.87. The van der Waals surface area contributed by atoms with Crippen LogP contribution in [0.1, 0.15) is 31.2 Å². The molecule has 0 amide bonds. The number of likely N-dealkylation sites (tertiary alicyclic amines) is 1. The Labute approximate surface area is 127 Å². The molecule has 1 fully saturated rings. The van der Waals surface area contributed by atoms with Crippen LogP contribution in [-0.2, 0) is 0 Å². The van der Waals surface area contributed by atoms with Crippen LogP contribution in [0.4, 0.5) is 0 Å². The van der Waals surface area contributed by atoms with Gasteiger partial charge < -0.3 is 9.64 Å². The Morgan fingerprint density at radius 3 is 2.80 bits per heavy atom. The molecule has 20 heavy (non-hydrogen) atoms. The maximum Gasteiger partial charge on any atom is 0.134 e. The van der Waals surface area contributed by atoms with E-state index in [1.54, 1.807) is 0 Å². The summed E-state index contributed by atoms with van der Waals surface area (Å²) in [5.74, 6) is 7.64. The van der Waals surface area contributed by atoms with Crippen LogP contribution in [-0.4, -0.2) is 37.0 Å². The first-order valence-corrected chi connectivity index (χ1v) is 7.92. The van der Waals surface area contributed by atoms with E-state index in [1.165, 1.54) is 25.9 Å². The van der Waals surface area contributed by atoms with Crippen molar-refractivity contribution in [3.8, 4) is 17.6 Å². The van der Waals surface area contributed by atoms with Gasteiger partial charge in [-0.2, -0.15) is 0 Å². The third-order valence-corrected chi connectivity index (χ3v) is 3.59. The van der Waals surface area contributed by atoms with Crippen molar-refractivity contribution in [2.45, 2.75) is 25.7 Å². The summed E-state index contributed by atoms with van der Waals surface area (Å²) in [6.45, 7) is 4.39. The van der Waals surface area contributed by atoms with Crippen molar-refractivity contribution < 1.29 is 4.74 Å². The summed E-state index contributed by atoms with van der Waals surface area (Å²) >= 11 is 5.63. The largest absolute Gasteiger partial charge is 0.492 e. The molecule has 2 nitrogen and oxygen atoms in total. The van der Waals surface area contributed by atoms with Gasteiger partial charge in [-0.3, -0.25) is 0 Å². The summed E-state index contributed by atoms with van der Waals surface area (Å²) in [5.41, 5.74) is 0.957. The molecule has 1 aromatic rings. The van der Waals surface area contributed by atoms with Gasteiger partial charge in [0.2, 0.25) is 0 Å². The lowest BCUT2D eigenvalue weighted by molar-refractivity contribution is 0.263. The fraction of sp³-hybridized carbons (Fsp3) is 0.529. The Morgan fingerprint density at radius 1 is 1.20 bits per heavy atom. The highest BCUT2D eigenvalue weighted by Crippen LogP contribution is 2.17. The van der Waals surface area contributed by atoms with Gasteiger partial charge in [0.25, 0.3) is 0 Å². The normalized spacial score (nSPS) is 14.8. The van der Waals surface area contributed by atoms with Gasteiger partial charge in [-0.05, 0) is 44.5 Å². The average Bonchev–Trinajstić information content (AvgIpc) is 2.98. The minimum atomic E-state index is 0.575. The van der Waals surface area contributed by atoms with Crippen molar-refractivity contribution in [1.29, 1.82) is 0 Å². The molecule has 1 heterocycles. The lowest BCUT2D eigenvalue weighted by Gasteiger charge is -2.14. The third kappa shape index (κ3) is 5.07. The molecule has 108 valence electrons. The van der Waals surface area contributed by atoms with Crippen LogP contribution in [0, 0.1) is 11.8 Å². The summed E-state index contributed by atoms with van der Waals surface area (Å²) in [6, 6.07) is 7.96. The van der Waals surface area contributed by atoms with Crippen LogP contribution in [0.5, 0.6) is 5.75 Å². The van der Waals surface area contributed by atoms with Crippen molar-refractivity contribution in [2.24, 2.45) is 0 Å². The van der Waals surface area contributed by atoms with Gasteiger partial charge in [-0.25, -0.2) is 0 Å². The highest BCUT2D eigenvalue weighted by molar-refractivity contribution is 6.18. The predicted molar refractivity (Wildman–Crippen MR) is 84.4 cm³/mol. The molecule has 1 aliphatic heterocycles. The lowest BCUT2D eigenvalue weighted by atomic mass is 10.2. The lowest BCUT2D eigenvalue weighted by Crippen LogP contribution is -2.21. The van der Waals surface area contributed by atoms with Crippen LogP contribution in [0.25, 0.3) is 0 Å². The highest BCUT2D eigenvalue weighted by atomic mass is 35.5. The SMILES string of the molecule is ClCCC#Cc1ccccc1OCCCN1CCCC1. The minimum Gasteiger partial charge on any atom is -0.492 e. The second-order valence-corrected chi connectivity index (χ2v) is 5.37. The Balaban J connectivity index is 1.78. The zero-order chi connectivity index (χ0) is 14.0. The molecular weight excluding hydrogens is 270 g/mol. The van der Waals surface area contributed by atoms with Crippen molar-refractivity contribution in [3.63, 3.8) is 0 Å². The van der Waals surface area contributed by atoms with Gasteiger partial charge in [-0.15, -0.1) is 11.6 Å². The molecule has 0 unspecified atom stereocenters. The van der Waals surface area contributed by atoms with E-state index >= 15 is 0 Å². The van der Waals surface area contributed by atoms with E-state index in [1.807, 2.05) is 24.3 Å². The number of para-hydroxylation sites is 1. The van der Waals surface area contributed by atoms with Crippen LogP contribution in [0.15, 0.2) is 24.3 Å². The molecule has 1 saturated heterocycles. The van der Waals surface area contributed by atoms with Crippen LogP contribution in [0.3, 0.4) is 0 Å². The zero-order valence-corrected chi connectivity index (χ0v) is 12.7. The number of ether oxygens (including phenoxy) is 1. The molecule has 2 rings (SSSR count). The fourth-order valence-electron chi connectivity index (χ4n) is 2.38. The minimum absolute atomic E-state index is 0.575. The monoisotopic (exact) mass is 291 g/mol. The second kappa shape index (κ2) is 8.89. The number of halogens is 1. The van der Waals surface area contributed by atoms with E-state index in [2.05, 4.69) is 16.7 Å². The van der Waals surface area contributed by atoms with Crippen LogP contribution < -0.4 is 4.74 Å². The van der Waals surface area contributed by atoms with Crippen LogP contribution >= 0.6 is 11.6 Å². The van der Waals surface area contributed by atoms with Gasteiger partial charge in [0, 0.05) is 18.8 Å². The topological polar surface area (TPSA) is 12.5 Å². The molecule has 0 saturated carbocycles. The summed E-state index contributed by atoms with van der Waals surface area (Å²) in [4.78, 5) is 2.51. The number of benzene rings is 1. The molecular formula is C17H22ClNO. The van der Waals surface area contributed by atoms with Crippen molar-refractivity contribution >= 4 is 11.6 Å². The molecule has 0 radical (unpaired) electrons. The van der Waals surface area contributed by atoms with Gasteiger partial charge in [0.1, 0.15) is 5.75 Å². The van der Waals surface area contributed by atoms with Crippen molar-refractivity contribution in [2.75, 3.05) is 32.1 Å². The summed E-state index contributed by atoms with van der Waals surface area (Å²) in [6.07, 6.45) is 4.48. The van der Waals surface area contributed by atoms with Crippen molar-refractivity contribution in [1.82, 2.24) is 4.90 Å². The van der Waals surface area contributed by atoms with E-state index < -0.39 is 0 Å². The number of rotatable bonds is 6. The number of alkyl halides is 1. The van der Waals surface area contributed by atoms with E-state index in [9.17, 15) is 0 Å². The van der Waals surface area contributed by atoms with Crippen molar-refractivity contribution in [3.05, 3.63) is 29.8 Å². The van der Waals surface area contributed by atoms with E-state index in [0.29, 0.717) is 12.3 Å². The first-order valence-electron chi connectivity index (χ1n) is 7.39. The quantitative estimate of drug-likeness (QED) is 0.452. The molecule has 3 heteroatoms. The van der Waals surface area contributed by atoms with Crippen LogP contribution in [0.2, 0.25) is 0 Å². The van der Waals surface area contributed by atoms with Gasteiger partial charge in [0.15, 0.2) is 0 Å². The molecule has 0 N–H and O–H groups in total.